The first-order valence-electron chi connectivity index (χ1n) is 8.78. The maximum atomic E-state index is 13.1. The third kappa shape index (κ3) is 4.43. The molecule has 0 unspecified atom stereocenters. The van der Waals surface area contributed by atoms with Gasteiger partial charge in [-0.25, -0.2) is 9.37 Å². The smallest absolute Gasteiger partial charge is 0.230 e. The molecular formula is C20H21FN2O2S. The number of rotatable bonds is 5. The number of anilines is 2. The van der Waals surface area contributed by atoms with Crippen molar-refractivity contribution in [3.05, 3.63) is 47.2 Å². The van der Waals surface area contributed by atoms with Gasteiger partial charge in [0.05, 0.1) is 11.4 Å². The molecule has 0 bridgehead atoms. The van der Waals surface area contributed by atoms with E-state index in [2.05, 4.69) is 4.98 Å². The van der Waals surface area contributed by atoms with Crippen LogP contribution < -0.4 is 4.90 Å². The number of halogens is 1. The summed E-state index contributed by atoms with van der Waals surface area (Å²) in [6.45, 7) is 1.44. The lowest BCUT2D eigenvalue weighted by Crippen LogP contribution is -2.22. The zero-order valence-electron chi connectivity index (χ0n) is 14.7. The van der Waals surface area contributed by atoms with Gasteiger partial charge in [-0.1, -0.05) is 19.3 Å². The Kier molecular flexibility index (Phi) is 5.93. The molecule has 0 atom stereocenters. The summed E-state index contributed by atoms with van der Waals surface area (Å²) in [6, 6.07) is 5.70. The molecule has 1 aromatic carbocycles. The largest absolute Gasteiger partial charge is 0.295 e. The highest BCUT2D eigenvalue weighted by Crippen LogP contribution is 2.30. The standard InChI is InChI=1S/C20H21FN2O2S/c1-14(24)23(18-10-7-16(21)8-11-18)20-22-17(13-26-20)9-12-19(25)15-5-3-2-4-6-15/h7-13,15H,2-6H2,1H3/b12-9-. The normalized spacial score (nSPS) is 15.3. The van der Waals surface area contributed by atoms with Gasteiger partial charge >= 0.3 is 0 Å². The molecule has 4 nitrogen and oxygen atoms in total. The van der Waals surface area contributed by atoms with Gasteiger partial charge in [0.1, 0.15) is 5.82 Å². The predicted molar refractivity (Wildman–Crippen MR) is 102 cm³/mol. The predicted octanol–water partition coefficient (Wildman–Crippen LogP) is 5.13. The number of aromatic nitrogens is 1. The van der Waals surface area contributed by atoms with Gasteiger partial charge < -0.3 is 0 Å². The summed E-state index contributed by atoms with van der Waals surface area (Å²) in [5.41, 5.74) is 1.20. The van der Waals surface area contributed by atoms with Crippen LogP contribution in [0.15, 0.2) is 35.7 Å². The molecule has 0 spiro atoms. The Morgan fingerprint density at radius 2 is 1.88 bits per heavy atom. The monoisotopic (exact) mass is 372 g/mol. The Labute approximate surface area is 156 Å². The fourth-order valence-electron chi connectivity index (χ4n) is 3.16. The molecule has 1 aliphatic carbocycles. The fourth-order valence-corrected chi connectivity index (χ4v) is 4.02. The second-order valence-corrected chi connectivity index (χ2v) is 7.29. The molecule has 1 amide bonds. The van der Waals surface area contributed by atoms with Crippen molar-refractivity contribution in [2.24, 2.45) is 5.92 Å². The molecule has 0 aliphatic heterocycles. The van der Waals surface area contributed by atoms with Gasteiger partial charge in [0.15, 0.2) is 10.9 Å². The van der Waals surface area contributed by atoms with Gasteiger partial charge in [-0.15, -0.1) is 11.3 Å². The highest BCUT2D eigenvalue weighted by Gasteiger charge is 2.20. The van der Waals surface area contributed by atoms with Crippen molar-refractivity contribution in [3.8, 4) is 0 Å². The van der Waals surface area contributed by atoms with Crippen molar-refractivity contribution in [1.82, 2.24) is 4.98 Å². The number of carbonyl (C=O) groups excluding carboxylic acids is 2. The summed E-state index contributed by atoms with van der Waals surface area (Å²) in [5.74, 6) is -0.284. The van der Waals surface area contributed by atoms with E-state index in [1.54, 1.807) is 29.7 Å². The van der Waals surface area contributed by atoms with Crippen molar-refractivity contribution in [2.75, 3.05) is 4.90 Å². The van der Waals surface area contributed by atoms with Crippen LogP contribution in [-0.2, 0) is 9.59 Å². The molecule has 1 heterocycles. The third-order valence-electron chi connectivity index (χ3n) is 4.53. The fraction of sp³-hybridized carbons (Fsp3) is 0.350. The average molecular weight is 372 g/mol. The molecule has 3 rings (SSSR count). The average Bonchev–Trinajstić information content (AvgIpc) is 3.10. The van der Waals surface area contributed by atoms with E-state index in [1.807, 2.05) is 0 Å². The molecular weight excluding hydrogens is 351 g/mol. The van der Waals surface area contributed by atoms with Crippen LogP contribution >= 0.6 is 11.3 Å². The molecule has 136 valence electrons. The molecule has 1 saturated carbocycles. The number of ketones is 1. The summed E-state index contributed by atoms with van der Waals surface area (Å²) in [6.07, 6.45) is 8.70. The summed E-state index contributed by atoms with van der Waals surface area (Å²) >= 11 is 1.31. The van der Waals surface area contributed by atoms with Gasteiger partial charge in [-0.05, 0) is 49.3 Å². The van der Waals surface area contributed by atoms with E-state index in [1.165, 1.54) is 41.7 Å². The van der Waals surface area contributed by atoms with Crippen LogP contribution in [0.25, 0.3) is 6.08 Å². The summed E-state index contributed by atoms with van der Waals surface area (Å²) in [4.78, 5) is 30.2. The minimum atomic E-state index is -0.360. The molecule has 26 heavy (non-hydrogen) atoms. The van der Waals surface area contributed by atoms with E-state index in [9.17, 15) is 14.0 Å². The van der Waals surface area contributed by atoms with Crippen molar-refractivity contribution in [1.29, 1.82) is 0 Å². The van der Waals surface area contributed by atoms with E-state index >= 15 is 0 Å². The van der Waals surface area contributed by atoms with Gasteiger partial charge in [0.25, 0.3) is 0 Å². The first kappa shape index (κ1) is 18.5. The number of amides is 1. The second kappa shape index (κ2) is 8.36. The number of hydrogen-bond acceptors (Lipinski definition) is 4. The van der Waals surface area contributed by atoms with E-state index in [0.29, 0.717) is 16.5 Å². The first-order valence-corrected chi connectivity index (χ1v) is 9.66. The maximum absolute atomic E-state index is 13.1. The SMILES string of the molecule is CC(=O)N(c1ccc(F)cc1)c1nc(/C=C\C(=O)C2CCCCC2)cs1. The van der Waals surface area contributed by atoms with E-state index in [4.69, 9.17) is 0 Å². The van der Waals surface area contributed by atoms with Crippen LogP contribution in [-0.4, -0.2) is 16.7 Å². The molecule has 6 heteroatoms. The summed E-state index contributed by atoms with van der Waals surface area (Å²) < 4.78 is 13.1. The number of hydrogen-bond donors (Lipinski definition) is 0. The lowest BCUT2D eigenvalue weighted by atomic mass is 9.86. The molecule has 0 saturated heterocycles. The number of allylic oxidation sites excluding steroid dienone is 1. The van der Waals surface area contributed by atoms with E-state index in [0.717, 1.165) is 25.7 Å². The van der Waals surface area contributed by atoms with Crippen molar-refractivity contribution in [2.45, 2.75) is 39.0 Å². The molecule has 2 aromatic rings. The maximum Gasteiger partial charge on any atom is 0.230 e. The van der Waals surface area contributed by atoms with Crippen LogP contribution in [0.2, 0.25) is 0 Å². The minimum Gasteiger partial charge on any atom is -0.295 e. The van der Waals surface area contributed by atoms with Crippen molar-refractivity contribution in [3.63, 3.8) is 0 Å². The Bertz CT molecular complexity index is 807. The van der Waals surface area contributed by atoms with Gasteiger partial charge in [0, 0.05) is 18.2 Å². The van der Waals surface area contributed by atoms with Crippen molar-refractivity contribution >= 4 is 39.9 Å². The molecule has 1 aliphatic rings. The zero-order chi connectivity index (χ0) is 18.5. The summed E-state index contributed by atoms with van der Waals surface area (Å²) in [5, 5.41) is 2.30. The van der Waals surface area contributed by atoms with Gasteiger partial charge in [-0.3, -0.25) is 14.5 Å². The van der Waals surface area contributed by atoms with Crippen LogP contribution in [0.1, 0.15) is 44.7 Å². The lowest BCUT2D eigenvalue weighted by molar-refractivity contribution is -0.119. The van der Waals surface area contributed by atoms with Crippen LogP contribution in [0.4, 0.5) is 15.2 Å². The quantitative estimate of drug-likeness (QED) is 0.684. The topological polar surface area (TPSA) is 50.3 Å². The zero-order valence-corrected chi connectivity index (χ0v) is 15.5. The molecule has 1 aromatic heterocycles. The number of benzene rings is 1. The highest BCUT2D eigenvalue weighted by atomic mass is 32.1. The van der Waals surface area contributed by atoms with Gasteiger partial charge in [-0.2, -0.15) is 0 Å². The van der Waals surface area contributed by atoms with Crippen molar-refractivity contribution < 1.29 is 14.0 Å². The first-order chi connectivity index (χ1) is 12.5. The molecule has 0 N–H and O–H groups in total. The van der Waals surface area contributed by atoms with Crippen LogP contribution in [0.5, 0.6) is 0 Å². The minimum absolute atomic E-state index is 0.131. The summed E-state index contributed by atoms with van der Waals surface area (Å²) in [7, 11) is 0. The Morgan fingerprint density at radius 3 is 2.54 bits per heavy atom. The van der Waals surface area contributed by atoms with Crippen LogP contribution in [0.3, 0.4) is 0 Å². The third-order valence-corrected chi connectivity index (χ3v) is 5.37. The molecule has 0 radical (unpaired) electrons. The number of nitrogens with zero attached hydrogens (tertiary/aromatic N) is 2. The Hall–Kier alpha value is -2.34. The number of carbonyl (C=O) groups is 2. The second-order valence-electron chi connectivity index (χ2n) is 6.46. The molecule has 1 fully saturated rings. The highest BCUT2D eigenvalue weighted by molar-refractivity contribution is 7.14. The Morgan fingerprint density at radius 1 is 1.19 bits per heavy atom. The lowest BCUT2D eigenvalue weighted by Gasteiger charge is -2.18. The van der Waals surface area contributed by atoms with Gasteiger partial charge in [0.2, 0.25) is 5.91 Å². The van der Waals surface area contributed by atoms with Crippen LogP contribution in [0, 0.1) is 11.7 Å². The number of thiazole rings is 1. The van der Waals surface area contributed by atoms with E-state index < -0.39 is 0 Å². The Balaban J connectivity index is 1.74. The van der Waals surface area contributed by atoms with E-state index in [-0.39, 0.29) is 23.4 Å².